The van der Waals surface area contributed by atoms with Crippen LogP contribution in [0.3, 0.4) is 0 Å². The van der Waals surface area contributed by atoms with E-state index in [1.54, 1.807) is 7.11 Å². The van der Waals surface area contributed by atoms with Gasteiger partial charge in [-0.2, -0.15) is 0 Å². The van der Waals surface area contributed by atoms with Crippen LogP contribution < -0.4 is 5.32 Å². The molecule has 1 N–H and O–H groups in total. The van der Waals surface area contributed by atoms with Crippen molar-refractivity contribution in [1.29, 1.82) is 0 Å². The summed E-state index contributed by atoms with van der Waals surface area (Å²) in [6.07, 6.45) is 6.26. The van der Waals surface area contributed by atoms with Gasteiger partial charge >= 0.3 is 0 Å². The summed E-state index contributed by atoms with van der Waals surface area (Å²) in [5.74, 6) is 0.902. The molecule has 6 nitrogen and oxygen atoms in total. The maximum Gasteiger partial charge on any atom is 0.165 e. The second kappa shape index (κ2) is 9.86. The predicted octanol–water partition coefficient (Wildman–Crippen LogP) is 1.94. The van der Waals surface area contributed by atoms with Gasteiger partial charge in [-0.05, 0) is 23.8 Å². The Bertz CT molecular complexity index is 329. The summed E-state index contributed by atoms with van der Waals surface area (Å²) in [4.78, 5) is 0. The number of nitrogens with zero attached hydrogens (tertiary/aromatic N) is 4. The zero-order valence-electron chi connectivity index (χ0n) is 12.4. The Morgan fingerprint density at radius 2 is 2.16 bits per heavy atom. The minimum absolute atomic E-state index is 0.367. The number of hydrogen-bond acceptors (Lipinski definition) is 5. The molecule has 1 unspecified atom stereocenters. The summed E-state index contributed by atoms with van der Waals surface area (Å²) in [5, 5.41) is 15.2. The van der Waals surface area contributed by atoms with E-state index in [0.717, 1.165) is 18.8 Å². The van der Waals surface area contributed by atoms with Crippen molar-refractivity contribution in [3.05, 3.63) is 5.82 Å². The summed E-state index contributed by atoms with van der Waals surface area (Å²) in [6.45, 7) is 6.62. The smallest absolute Gasteiger partial charge is 0.165 e. The average molecular weight is 269 g/mol. The third-order valence-electron chi connectivity index (χ3n) is 3.22. The predicted molar refractivity (Wildman–Crippen MR) is 74.9 cm³/mol. The molecule has 110 valence electrons. The highest BCUT2D eigenvalue weighted by atomic mass is 16.5. The largest absolute Gasteiger partial charge is 0.383 e. The Labute approximate surface area is 115 Å². The van der Waals surface area contributed by atoms with E-state index in [2.05, 4.69) is 34.7 Å². The maximum atomic E-state index is 4.99. The second-order valence-electron chi connectivity index (χ2n) is 4.91. The maximum absolute atomic E-state index is 4.99. The van der Waals surface area contributed by atoms with Crippen molar-refractivity contribution in [1.82, 2.24) is 25.5 Å². The highest BCUT2D eigenvalue weighted by Gasteiger charge is 2.12. The first-order valence-corrected chi connectivity index (χ1v) is 7.26. The van der Waals surface area contributed by atoms with Gasteiger partial charge in [-0.3, -0.25) is 0 Å². The van der Waals surface area contributed by atoms with E-state index < -0.39 is 0 Å². The number of unbranched alkanes of at least 4 members (excludes halogenated alkanes) is 3. The standard InChI is InChI=1S/C13H27N5O/c1-4-5-6-7-8-12(2)18-13(15-16-17-18)11-14-9-10-19-3/h12,14H,4-11H2,1-3H3. The highest BCUT2D eigenvalue weighted by Crippen LogP contribution is 2.15. The van der Waals surface area contributed by atoms with Crippen LogP contribution in [0.5, 0.6) is 0 Å². The van der Waals surface area contributed by atoms with Crippen molar-refractivity contribution >= 4 is 0 Å². The lowest BCUT2D eigenvalue weighted by Crippen LogP contribution is -2.22. The van der Waals surface area contributed by atoms with E-state index in [9.17, 15) is 0 Å². The van der Waals surface area contributed by atoms with Crippen LogP contribution in [0.15, 0.2) is 0 Å². The van der Waals surface area contributed by atoms with Gasteiger partial charge < -0.3 is 10.1 Å². The SMILES string of the molecule is CCCCCCC(C)n1nnnc1CNCCOC. The normalized spacial score (nSPS) is 12.8. The molecular weight excluding hydrogens is 242 g/mol. The lowest BCUT2D eigenvalue weighted by Gasteiger charge is -2.13. The summed E-state index contributed by atoms with van der Waals surface area (Å²) < 4.78 is 6.93. The highest BCUT2D eigenvalue weighted by molar-refractivity contribution is 4.82. The Balaban J connectivity index is 2.33. The lowest BCUT2D eigenvalue weighted by molar-refractivity contribution is 0.198. The number of tetrazole rings is 1. The molecule has 19 heavy (non-hydrogen) atoms. The molecule has 0 fully saturated rings. The quantitative estimate of drug-likeness (QED) is 0.622. The average Bonchev–Trinajstić information content (AvgIpc) is 2.88. The van der Waals surface area contributed by atoms with Crippen LogP contribution >= 0.6 is 0 Å². The molecule has 0 radical (unpaired) electrons. The van der Waals surface area contributed by atoms with Gasteiger partial charge in [-0.25, -0.2) is 4.68 Å². The number of aromatic nitrogens is 4. The molecule has 0 aliphatic rings. The first kappa shape index (κ1) is 16.0. The minimum atomic E-state index is 0.367. The van der Waals surface area contributed by atoms with Crippen molar-refractivity contribution in [2.75, 3.05) is 20.3 Å². The topological polar surface area (TPSA) is 64.9 Å². The fourth-order valence-corrected chi connectivity index (χ4v) is 2.03. The van der Waals surface area contributed by atoms with Gasteiger partial charge in [0.2, 0.25) is 0 Å². The van der Waals surface area contributed by atoms with Crippen molar-refractivity contribution in [2.45, 2.75) is 58.5 Å². The van der Waals surface area contributed by atoms with Crippen molar-refractivity contribution in [3.63, 3.8) is 0 Å². The fraction of sp³-hybridized carbons (Fsp3) is 0.923. The van der Waals surface area contributed by atoms with Gasteiger partial charge in [0.15, 0.2) is 5.82 Å². The van der Waals surface area contributed by atoms with Gasteiger partial charge in [0.25, 0.3) is 0 Å². The van der Waals surface area contributed by atoms with Gasteiger partial charge in [0.1, 0.15) is 0 Å². The molecule has 1 aromatic heterocycles. The number of nitrogens with one attached hydrogen (secondary N) is 1. The van der Waals surface area contributed by atoms with E-state index in [-0.39, 0.29) is 0 Å². The number of hydrogen-bond donors (Lipinski definition) is 1. The van der Waals surface area contributed by atoms with Crippen molar-refractivity contribution in [2.24, 2.45) is 0 Å². The van der Waals surface area contributed by atoms with Crippen LogP contribution in [-0.2, 0) is 11.3 Å². The molecule has 0 saturated heterocycles. The summed E-state index contributed by atoms with van der Waals surface area (Å²) in [7, 11) is 1.70. The zero-order valence-corrected chi connectivity index (χ0v) is 12.4. The van der Waals surface area contributed by atoms with Crippen LogP contribution in [0.2, 0.25) is 0 Å². The molecule has 0 bridgehead atoms. The van der Waals surface area contributed by atoms with Gasteiger partial charge in [-0.15, -0.1) is 5.10 Å². The Kier molecular flexibility index (Phi) is 8.33. The first-order valence-electron chi connectivity index (χ1n) is 7.26. The van der Waals surface area contributed by atoms with E-state index in [1.165, 1.54) is 25.7 Å². The van der Waals surface area contributed by atoms with Gasteiger partial charge in [0, 0.05) is 13.7 Å². The van der Waals surface area contributed by atoms with E-state index in [4.69, 9.17) is 4.74 Å². The first-order chi connectivity index (χ1) is 9.29. The molecule has 0 aliphatic heterocycles. The Hall–Kier alpha value is -1.01. The van der Waals surface area contributed by atoms with Gasteiger partial charge in [-0.1, -0.05) is 32.6 Å². The van der Waals surface area contributed by atoms with Crippen LogP contribution in [0.25, 0.3) is 0 Å². The van der Waals surface area contributed by atoms with Crippen LogP contribution in [0.1, 0.15) is 57.8 Å². The molecule has 0 saturated carbocycles. The molecule has 1 heterocycles. The van der Waals surface area contributed by atoms with Crippen molar-refractivity contribution in [3.8, 4) is 0 Å². The molecule has 1 rings (SSSR count). The molecule has 0 aliphatic carbocycles. The number of rotatable bonds is 11. The summed E-state index contributed by atoms with van der Waals surface area (Å²) in [5.41, 5.74) is 0. The summed E-state index contributed by atoms with van der Waals surface area (Å²) in [6, 6.07) is 0.367. The van der Waals surface area contributed by atoms with E-state index in [0.29, 0.717) is 19.2 Å². The third kappa shape index (κ3) is 6.11. The molecule has 0 spiro atoms. The lowest BCUT2D eigenvalue weighted by atomic mass is 10.1. The molecule has 0 aromatic carbocycles. The van der Waals surface area contributed by atoms with Gasteiger partial charge in [0.05, 0.1) is 19.2 Å². The molecule has 0 amide bonds. The third-order valence-corrected chi connectivity index (χ3v) is 3.22. The number of methoxy groups -OCH3 is 1. The van der Waals surface area contributed by atoms with Crippen LogP contribution in [0.4, 0.5) is 0 Å². The molecule has 1 atom stereocenters. The monoisotopic (exact) mass is 269 g/mol. The molecule has 1 aromatic rings. The van der Waals surface area contributed by atoms with Crippen molar-refractivity contribution < 1.29 is 4.74 Å². The van der Waals surface area contributed by atoms with E-state index in [1.807, 2.05) is 4.68 Å². The molecular formula is C13H27N5O. The summed E-state index contributed by atoms with van der Waals surface area (Å²) >= 11 is 0. The number of ether oxygens (including phenoxy) is 1. The minimum Gasteiger partial charge on any atom is -0.383 e. The Morgan fingerprint density at radius 1 is 1.32 bits per heavy atom. The second-order valence-corrected chi connectivity index (χ2v) is 4.91. The van der Waals surface area contributed by atoms with E-state index >= 15 is 0 Å². The fourth-order valence-electron chi connectivity index (χ4n) is 2.03. The van der Waals surface area contributed by atoms with Crippen LogP contribution in [-0.4, -0.2) is 40.5 Å². The van der Waals surface area contributed by atoms with Crippen LogP contribution in [0, 0.1) is 0 Å². The molecule has 6 heteroatoms. The Morgan fingerprint density at radius 3 is 2.89 bits per heavy atom. The zero-order chi connectivity index (χ0) is 13.9.